The third-order valence-electron chi connectivity index (χ3n) is 6.89. The second-order valence-electron chi connectivity index (χ2n) is 9.11. The van der Waals surface area contributed by atoms with Gasteiger partial charge >= 0.3 is 0 Å². The van der Waals surface area contributed by atoms with Crippen molar-refractivity contribution < 1.29 is 18.0 Å². The van der Waals surface area contributed by atoms with Crippen molar-refractivity contribution in [2.24, 2.45) is 5.92 Å². The van der Waals surface area contributed by atoms with Crippen LogP contribution in [0.3, 0.4) is 0 Å². The molecule has 4 saturated heterocycles. The smallest absolute Gasteiger partial charge is 0.223 e. The Morgan fingerprint density at radius 2 is 2.00 bits per heavy atom. The normalized spacial score (nSPS) is 38.0. The number of piperidine rings is 1. The largest absolute Gasteiger partial charge is 0.356 e. The van der Waals surface area contributed by atoms with Gasteiger partial charge in [0.25, 0.3) is 0 Å². The molecule has 0 aliphatic carbocycles. The highest BCUT2D eigenvalue weighted by atomic mass is 32.2. The van der Waals surface area contributed by atoms with Gasteiger partial charge in [-0.15, -0.1) is 0 Å². The van der Waals surface area contributed by atoms with Gasteiger partial charge in [-0.05, 0) is 51.2 Å². The average Bonchev–Trinajstić information content (AvgIpc) is 3.49. The van der Waals surface area contributed by atoms with Crippen molar-refractivity contribution in [3.8, 4) is 0 Å². The topological polar surface area (TPSA) is 99.8 Å². The molecule has 0 aromatic heterocycles. The molecule has 0 spiro atoms. The predicted molar refractivity (Wildman–Crippen MR) is 126 cm³/mol. The van der Waals surface area contributed by atoms with Crippen LogP contribution in [0.25, 0.3) is 0 Å². The van der Waals surface area contributed by atoms with Gasteiger partial charge in [0.1, 0.15) is 6.23 Å². The zero-order valence-corrected chi connectivity index (χ0v) is 20.9. The summed E-state index contributed by atoms with van der Waals surface area (Å²) in [7, 11) is -3.38. The molecule has 6 atom stereocenters. The number of thioether (sulfide) groups is 2. The molecule has 6 unspecified atom stereocenters. The number of rotatable bonds is 7. The first-order chi connectivity index (χ1) is 14.8. The van der Waals surface area contributed by atoms with E-state index in [9.17, 15) is 13.2 Å². The van der Waals surface area contributed by atoms with Crippen molar-refractivity contribution in [1.82, 2.24) is 20.4 Å². The molecule has 0 aromatic rings. The molecule has 4 rings (SSSR count). The van der Waals surface area contributed by atoms with E-state index in [2.05, 4.69) is 16.1 Å². The van der Waals surface area contributed by atoms with Crippen LogP contribution in [0.2, 0.25) is 0 Å². The Hall–Kier alpha value is -0.0400. The van der Waals surface area contributed by atoms with Crippen molar-refractivity contribution in [3.05, 3.63) is 0 Å². The summed E-state index contributed by atoms with van der Waals surface area (Å²) < 4.78 is 28.3. The molecule has 0 saturated carbocycles. The zero-order chi connectivity index (χ0) is 22.0. The minimum atomic E-state index is -3.38. The summed E-state index contributed by atoms with van der Waals surface area (Å²) in [4.78, 5) is 17.9. The lowest BCUT2D eigenvalue weighted by Crippen LogP contribution is -2.48. The summed E-state index contributed by atoms with van der Waals surface area (Å²) in [6, 6.07) is 0. The highest BCUT2D eigenvalue weighted by molar-refractivity contribution is 8.02. The van der Waals surface area contributed by atoms with Gasteiger partial charge in [-0.3, -0.25) is 14.9 Å². The number of amides is 1. The molecule has 1 amide bonds. The summed E-state index contributed by atoms with van der Waals surface area (Å²) in [5.41, 5.74) is 2.99. The number of hydrogen-bond acceptors (Lipinski definition) is 8. The maximum Gasteiger partial charge on any atom is 0.223 e. The highest BCUT2D eigenvalue weighted by Crippen LogP contribution is 2.41. The Labute approximate surface area is 194 Å². The van der Waals surface area contributed by atoms with Crippen LogP contribution in [-0.4, -0.2) is 77.4 Å². The van der Waals surface area contributed by atoms with E-state index in [1.807, 2.05) is 25.6 Å². The van der Waals surface area contributed by atoms with Crippen molar-refractivity contribution >= 4 is 39.5 Å². The van der Waals surface area contributed by atoms with Gasteiger partial charge in [-0.2, -0.15) is 29.0 Å². The summed E-state index contributed by atoms with van der Waals surface area (Å²) in [5.74, 6) is 1.26. The standard InChI is InChI=1S/C20H36N4O4S3/c1-13-18(12-17(30-13)19-22-14(2)28-23-19)31(26,27)24-9-6-15(7-10-24)20(25)21-8-5-16-4-3-11-29-16/h13-19,22-23H,3-12H2,1-2H3,(H,21,25). The molecule has 3 N–H and O–H groups in total. The summed E-state index contributed by atoms with van der Waals surface area (Å²) >= 11 is 3.72. The van der Waals surface area contributed by atoms with Crippen molar-refractivity contribution in [2.75, 3.05) is 25.4 Å². The van der Waals surface area contributed by atoms with Crippen LogP contribution in [0.15, 0.2) is 0 Å². The van der Waals surface area contributed by atoms with Crippen LogP contribution in [0.1, 0.15) is 52.4 Å². The maximum atomic E-state index is 13.4. The van der Waals surface area contributed by atoms with Crippen molar-refractivity contribution in [2.45, 2.75) is 85.8 Å². The molecule has 4 heterocycles. The number of sulfonamides is 1. The predicted octanol–water partition coefficient (Wildman–Crippen LogP) is 1.49. The van der Waals surface area contributed by atoms with Gasteiger partial charge in [0.2, 0.25) is 15.9 Å². The number of hydrogen-bond donors (Lipinski definition) is 3. The lowest BCUT2D eigenvalue weighted by atomic mass is 9.97. The molecule has 178 valence electrons. The third-order valence-corrected chi connectivity index (χ3v) is 12.6. The third kappa shape index (κ3) is 5.73. The van der Waals surface area contributed by atoms with Crippen LogP contribution in [0, 0.1) is 5.92 Å². The monoisotopic (exact) mass is 492 g/mol. The SMILES string of the molecule is CC1NC(C2CC(S(=O)(=O)N3CCC(C(=O)NCCC4CCCS4)CC3)C(C)S2)NO1. The second kappa shape index (κ2) is 10.5. The van der Waals surface area contributed by atoms with Gasteiger partial charge in [-0.25, -0.2) is 12.7 Å². The Balaban J connectivity index is 1.24. The minimum absolute atomic E-state index is 0.0280. The Morgan fingerprint density at radius 3 is 2.65 bits per heavy atom. The fourth-order valence-corrected chi connectivity index (χ4v) is 10.5. The number of hydroxylamine groups is 1. The van der Waals surface area contributed by atoms with Gasteiger partial charge in [0.15, 0.2) is 0 Å². The van der Waals surface area contributed by atoms with Gasteiger partial charge in [-0.1, -0.05) is 6.92 Å². The maximum absolute atomic E-state index is 13.4. The van der Waals surface area contributed by atoms with Crippen LogP contribution in [0.4, 0.5) is 0 Å². The van der Waals surface area contributed by atoms with E-state index < -0.39 is 15.3 Å². The lowest BCUT2D eigenvalue weighted by Gasteiger charge is -2.33. The molecule has 0 radical (unpaired) electrons. The van der Waals surface area contributed by atoms with Crippen LogP contribution >= 0.6 is 23.5 Å². The van der Waals surface area contributed by atoms with E-state index >= 15 is 0 Å². The molecule has 4 aliphatic heterocycles. The molecular weight excluding hydrogens is 456 g/mol. The van der Waals surface area contributed by atoms with Crippen LogP contribution in [0.5, 0.6) is 0 Å². The van der Waals surface area contributed by atoms with Crippen LogP contribution < -0.4 is 16.1 Å². The van der Waals surface area contributed by atoms with E-state index in [0.717, 1.165) is 13.0 Å². The summed E-state index contributed by atoms with van der Waals surface area (Å²) in [5, 5.41) is 6.88. The zero-order valence-electron chi connectivity index (χ0n) is 18.4. The van der Waals surface area contributed by atoms with Crippen molar-refractivity contribution in [3.63, 3.8) is 0 Å². The first-order valence-corrected chi connectivity index (χ1v) is 15.0. The summed E-state index contributed by atoms with van der Waals surface area (Å²) in [6.07, 6.45) is 5.31. The average molecular weight is 493 g/mol. The molecule has 0 bridgehead atoms. The number of nitrogens with one attached hydrogen (secondary N) is 3. The van der Waals surface area contributed by atoms with E-state index in [1.165, 1.54) is 18.6 Å². The second-order valence-corrected chi connectivity index (χ2v) is 14.3. The molecule has 31 heavy (non-hydrogen) atoms. The quantitative estimate of drug-likeness (QED) is 0.492. The van der Waals surface area contributed by atoms with Gasteiger partial charge in [0, 0.05) is 41.3 Å². The number of carbonyl (C=O) groups is 1. The summed E-state index contributed by atoms with van der Waals surface area (Å²) in [6.45, 7) is 5.56. The minimum Gasteiger partial charge on any atom is -0.356 e. The van der Waals surface area contributed by atoms with E-state index in [4.69, 9.17) is 4.84 Å². The molecule has 4 fully saturated rings. The van der Waals surface area contributed by atoms with E-state index in [0.29, 0.717) is 37.6 Å². The molecule has 4 aliphatic rings. The van der Waals surface area contributed by atoms with Gasteiger partial charge in [0.05, 0.1) is 11.4 Å². The Kier molecular flexibility index (Phi) is 8.15. The highest BCUT2D eigenvalue weighted by Gasteiger charge is 2.47. The van der Waals surface area contributed by atoms with E-state index in [-0.39, 0.29) is 34.7 Å². The fraction of sp³-hybridized carbons (Fsp3) is 0.950. The Bertz CT molecular complexity index is 726. The molecule has 0 aromatic carbocycles. The first kappa shape index (κ1) is 24.1. The van der Waals surface area contributed by atoms with Gasteiger partial charge < -0.3 is 5.32 Å². The lowest BCUT2D eigenvalue weighted by molar-refractivity contribution is -0.126. The van der Waals surface area contributed by atoms with Crippen LogP contribution in [-0.2, 0) is 19.7 Å². The Morgan fingerprint density at radius 1 is 1.23 bits per heavy atom. The number of carbonyl (C=O) groups excluding carboxylic acids is 1. The molecule has 11 heteroatoms. The van der Waals surface area contributed by atoms with Crippen molar-refractivity contribution in [1.29, 1.82) is 0 Å². The molecular formula is C20H36N4O4S3. The van der Waals surface area contributed by atoms with E-state index in [1.54, 1.807) is 16.1 Å². The first-order valence-electron chi connectivity index (χ1n) is 11.6. The fourth-order valence-electron chi connectivity index (χ4n) is 5.03. The molecule has 8 nitrogen and oxygen atoms in total. The number of nitrogens with zero attached hydrogens (tertiary/aromatic N) is 1.